The second-order valence-electron chi connectivity index (χ2n) is 5.12. The highest BCUT2D eigenvalue weighted by Gasteiger charge is 2.13. The molecule has 16 heavy (non-hydrogen) atoms. The first-order valence-corrected chi connectivity index (χ1v) is 5.73. The summed E-state index contributed by atoms with van der Waals surface area (Å²) in [5.74, 6) is 0.0983. The smallest absolute Gasteiger partial charge is 0.220 e. The molecule has 2 heteroatoms. The van der Waals surface area contributed by atoms with Crippen molar-refractivity contribution >= 4 is 5.91 Å². The molecule has 1 amide bonds. The van der Waals surface area contributed by atoms with Crippen LogP contribution in [0.25, 0.3) is 0 Å². The third-order valence-electron chi connectivity index (χ3n) is 2.71. The normalized spacial score (nSPS) is 11.2. The van der Waals surface area contributed by atoms with Crippen molar-refractivity contribution in [3.8, 4) is 0 Å². The van der Waals surface area contributed by atoms with E-state index in [1.807, 2.05) is 0 Å². The molecule has 0 bridgehead atoms. The molecule has 0 atom stereocenters. The first-order chi connectivity index (χ1) is 7.43. The summed E-state index contributed by atoms with van der Waals surface area (Å²) in [6.07, 6.45) is 1.37. The minimum Gasteiger partial charge on any atom is -0.359 e. The van der Waals surface area contributed by atoms with Crippen LogP contribution in [0.1, 0.15) is 38.3 Å². The van der Waals surface area contributed by atoms with Gasteiger partial charge < -0.3 is 5.32 Å². The van der Waals surface area contributed by atoms with Crippen molar-refractivity contribution in [2.75, 3.05) is 7.05 Å². The predicted octanol–water partition coefficient (Wildman–Crippen LogP) is 2.66. The molecule has 0 aliphatic carbocycles. The summed E-state index contributed by atoms with van der Waals surface area (Å²) >= 11 is 0. The molecular formula is C14H21NO. The highest BCUT2D eigenvalue weighted by molar-refractivity contribution is 5.75. The zero-order valence-electron chi connectivity index (χ0n) is 10.6. The van der Waals surface area contributed by atoms with Crippen molar-refractivity contribution in [2.45, 2.75) is 39.0 Å². The van der Waals surface area contributed by atoms with Crippen LogP contribution in [0.2, 0.25) is 0 Å². The molecule has 0 unspecified atom stereocenters. The molecule has 0 aliphatic heterocycles. The Labute approximate surface area is 98.1 Å². The van der Waals surface area contributed by atoms with E-state index in [9.17, 15) is 4.79 Å². The number of nitrogens with one attached hydrogen (secondary N) is 1. The van der Waals surface area contributed by atoms with E-state index in [1.54, 1.807) is 7.05 Å². The van der Waals surface area contributed by atoms with Crippen LogP contribution in [0.4, 0.5) is 0 Å². The van der Waals surface area contributed by atoms with Crippen LogP contribution in [0, 0.1) is 0 Å². The van der Waals surface area contributed by atoms with Gasteiger partial charge in [-0.3, -0.25) is 4.79 Å². The van der Waals surface area contributed by atoms with Gasteiger partial charge in [0.2, 0.25) is 5.91 Å². The molecule has 0 heterocycles. The largest absolute Gasteiger partial charge is 0.359 e. The van der Waals surface area contributed by atoms with Gasteiger partial charge in [-0.25, -0.2) is 0 Å². The minimum atomic E-state index is 0.0983. The fourth-order valence-corrected chi connectivity index (χ4v) is 1.58. The number of carbonyl (C=O) groups excluding carboxylic acids is 1. The molecule has 0 saturated carbocycles. The van der Waals surface area contributed by atoms with Crippen LogP contribution in [-0.2, 0) is 16.6 Å². The fraction of sp³-hybridized carbons (Fsp3) is 0.500. The van der Waals surface area contributed by atoms with Crippen LogP contribution in [0.15, 0.2) is 24.3 Å². The lowest BCUT2D eigenvalue weighted by Crippen LogP contribution is -2.18. The Morgan fingerprint density at radius 2 is 2.00 bits per heavy atom. The summed E-state index contributed by atoms with van der Waals surface area (Å²) < 4.78 is 0. The fourth-order valence-electron chi connectivity index (χ4n) is 1.58. The van der Waals surface area contributed by atoms with Crippen molar-refractivity contribution in [3.63, 3.8) is 0 Å². The summed E-state index contributed by atoms with van der Waals surface area (Å²) in [6, 6.07) is 8.49. The van der Waals surface area contributed by atoms with E-state index in [-0.39, 0.29) is 11.3 Å². The number of hydrogen-bond acceptors (Lipinski definition) is 1. The van der Waals surface area contributed by atoms with Crippen molar-refractivity contribution in [1.29, 1.82) is 0 Å². The lowest BCUT2D eigenvalue weighted by Gasteiger charge is -2.19. The minimum absolute atomic E-state index is 0.0983. The Kier molecular flexibility index (Phi) is 4.11. The lowest BCUT2D eigenvalue weighted by molar-refractivity contribution is -0.120. The molecule has 88 valence electrons. The molecule has 1 N–H and O–H groups in total. The third kappa shape index (κ3) is 3.69. The topological polar surface area (TPSA) is 29.1 Å². The molecule has 0 aliphatic rings. The molecule has 0 fully saturated rings. The first-order valence-electron chi connectivity index (χ1n) is 5.73. The molecule has 1 aromatic carbocycles. The summed E-state index contributed by atoms with van der Waals surface area (Å²) in [4.78, 5) is 11.2. The van der Waals surface area contributed by atoms with Gasteiger partial charge in [0.25, 0.3) is 0 Å². The number of hydrogen-bond donors (Lipinski definition) is 1. The van der Waals surface area contributed by atoms with Gasteiger partial charge in [0.15, 0.2) is 0 Å². The van der Waals surface area contributed by atoms with Gasteiger partial charge in [0, 0.05) is 13.5 Å². The Bertz CT molecular complexity index is 363. The summed E-state index contributed by atoms with van der Waals surface area (Å²) in [5, 5.41) is 2.64. The monoisotopic (exact) mass is 219 g/mol. The lowest BCUT2D eigenvalue weighted by atomic mass is 9.86. The van der Waals surface area contributed by atoms with Gasteiger partial charge in [-0.05, 0) is 23.0 Å². The Morgan fingerprint density at radius 3 is 2.56 bits per heavy atom. The summed E-state index contributed by atoms with van der Waals surface area (Å²) in [5.41, 5.74) is 2.72. The van der Waals surface area contributed by atoms with Crippen molar-refractivity contribution in [2.24, 2.45) is 0 Å². The van der Waals surface area contributed by atoms with E-state index in [1.165, 1.54) is 11.1 Å². The maximum atomic E-state index is 11.2. The van der Waals surface area contributed by atoms with Crippen LogP contribution >= 0.6 is 0 Å². The maximum absolute atomic E-state index is 11.2. The molecule has 0 saturated heterocycles. The van der Waals surface area contributed by atoms with Gasteiger partial charge in [0.1, 0.15) is 0 Å². The molecule has 2 nitrogen and oxygen atoms in total. The van der Waals surface area contributed by atoms with E-state index in [4.69, 9.17) is 0 Å². The molecule has 1 aromatic rings. The van der Waals surface area contributed by atoms with E-state index < -0.39 is 0 Å². The Morgan fingerprint density at radius 1 is 1.31 bits per heavy atom. The number of aryl methyl sites for hydroxylation is 1. The van der Waals surface area contributed by atoms with Gasteiger partial charge in [-0.2, -0.15) is 0 Å². The molecule has 0 spiro atoms. The van der Waals surface area contributed by atoms with E-state index >= 15 is 0 Å². The van der Waals surface area contributed by atoms with Gasteiger partial charge in [-0.15, -0.1) is 0 Å². The number of amides is 1. The van der Waals surface area contributed by atoms with Crippen LogP contribution in [0.3, 0.4) is 0 Å². The van der Waals surface area contributed by atoms with E-state index in [0.29, 0.717) is 6.42 Å². The Hall–Kier alpha value is -1.31. The summed E-state index contributed by atoms with van der Waals surface area (Å²) in [6.45, 7) is 6.60. The van der Waals surface area contributed by atoms with Gasteiger partial charge in [0.05, 0.1) is 0 Å². The summed E-state index contributed by atoms with van der Waals surface area (Å²) in [7, 11) is 1.67. The number of benzene rings is 1. The average Bonchev–Trinajstić information content (AvgIpc) is 2.25. The SMILES string of the molecule is CNC(=O)CCc1cccc(C(C)(C)C)c1. The van der Waals surface area contributed by atoms with Crippen molar-refractivity contribution in [3.05, 3.63) is 35.4 Å². The number of carbonyl (C=O) groups is 1. The van der Waals surface area contributed by atoms with E-state index in [2.05, 4.69) is 50.4 Å². The average molecular weight is 219 g/mol. The quantitative estimate of drug-likeness (QED) is 0.832. The van der Waals surface area contributed by atoms with Crippen LogP contribution in [0.5, 0.6) is 0 Å². The predicted molar refractivity (Wildman–Crippen MR) is 67.5 cm³/mol. The van der Waals surface area contributed by atoms with Crippen molar-refractivity contribution in [1.82, 2.24) is 5.32 Å². The standard InChI is InChI=1S/C14H21NO/c1-14(2,3)12-7-5-6-11(10-12)8-9-13(16)15-4/h5-7,10H,8-9H2,1-4H3,(H,15,16). The molecule has 1 rings (SSSR count). The Balaban J connectivity index is 2.72. The zero-order chi connectivity index (χ0) is 12.2. The number of rotatable bonds is 3. The molecule has 0 aromatic heterocycles. The molecular weight excluding hydrogens is 198 g/mol. The third-order valence-corrected chi connectivity index (χ3v) is 2.71. The maximum Gasteiger partial charge on any atom is 0.220 e. The molecule has 0 radical (unpaired) electrons. The highest BCUT2D eigenvalue weighted by atomic mass is 16.1. The van der Waals surface area contributed by atoms with Gasteiger partial charge >= 0.3 is 0 Å². The van der Waals surface area contributed by atoms with E-state index in [0.717, 1.165) is 6.42 Å². The zero-order valence-corrected chi connectivity index (χ0v) is 10.6. The van der Waals surface area contributed by atoms with Crippen molar-refractivity contribution < 1.29 is 4.79 Å². The highest BCUT2D eigenvalue weighted by Crippen LogP contribution is 2.23. The second-order valence-corrected chi connectivity index (χ2v) is 5.12. The van der Waals surface area contributed by atoms with Crippen LogP contribution in [-0.4, -0.2) is 13.0 Å². The van der Waals surface area contributed by atoms with Crippen LogP contribution < -0.4 is 5.32 Å². The van der Waals surface area contributed by atoms with Gasteiger partial charge in [-0.1, -0.05) is 45.0 Å². The first kappa shape index (κ1) is 12.8. The second kappa shape index (κ2) is 5.15.